The zero-order chi connectivity index (χ0) is 16.1. The summed E-state index contributed by atoms with van der Waals surface area (Å²) in [4.78, 5) is 6.89. The van der Waals surface area contributed by atoms with E-state index in [0.717, 1.165) is 23.9 Å². The van der Waals surface area contributed by atoms with Crippen LogP contribution in [0.5, 0.6) is 0 Å². The van der Waals surface area contributed by atoms with Crippen molar-refractivity contribution < 1.29 is 0 Å². The lowest BCUT2D eigenvalue weighted by molar-refractivity contribution is 0.779. The summed E-state index contributed by atoms with van der Waals surface area (Å²) in [5.41, 5.74) is 3.67. The van der Waals surface area contributed by atoms with Gasteiger partial charge in [-0.1, -0.05) is 60.1 Å². The lowest BCUT2D eigenvalue weighted by atomic mass is 10.1. The Hall–Kier alpha value is -2.32. The molecule has 2 aromatic carbocycles. The summed E-state index contributed by atoms with van der Waals surface area (Å²) in [6.45, 7) is 3.72. The number of aryl methyl sites for hydroxylation is 1. The average molecular weight is 323 g/mol. The summed E-state index contributed by atoms with van der Waals surface area (Å²) < 4.78 is 0. The van der Waals surface area contributed by atoms with Crippen molar-refractivity contribution in [1.82, 2.24) is 4.98 Å². The molecule has 0 aliphatic heterocycles. The number of pyridine rings is 1. The molecule has 0 atom stereocenters. The average Bonchev–Trinajstić information content (AvgIpc) is 2.58. The molecule has 0 saturated heterocycles. The Morgan fingerprint density at radius 3 is 2.13 bits per heavy atom. The Morgan fingerprint density at radius 1 is 0.826 bits per heavy atom. The predicted molar refractivity (Wildman–Crippen MR) is 96.8 cm³/mol. The standard InChI is InChI=1S/C20H19ClN2/c1-16-6-5-13-22-20(16)23(14-17-7-3-2-4-8-17)15-18-9-11-19(21)12-10-18/h2-13H,14-15H2,1H3. The second-order valence-electron chi connectivity index (χ2n) is 5.61. The highest BCUT2D eigenvalue weighted by molar-refractivity contribution is 6.30. The van der Waals surface area contributed by atoms with Gasteiger partial charge in [0.05, 0.1) is 0 Å². The van der Waals surface area contributed by atoms with E-state index in [0.29, 0.717) is 0 Å². The van der Waals surface area contributed by atoms with Gasteiger partial charge in [-0.05, 0) is 41.8 Å². The van der Waals surface area contributed by atoms with Crippen LogP contribution in [0, 0.1) is 6.92 Å². The first kappa shape index (κ1) is 15.6. The Balaban J connectivity index is 1.89. The van der Waals surface area contributed by atoms with Crippen LogP contribution in [0.4, 0.5) is 5.82 Å². The van der Waals surface area contributed by atoms with Crippen molar-refractivity contribution in [3.8, 4) is 0 Å². The van der Waals surface area contributed by atoms with Gasteiger partial charge in [0.25, 0.3) is 0 Å². The summed E-state index contributed by atoms with van der Waals surface area (Å²) in [5.74, 6) is 1.02. The van der Waals surface area contributed by atoms with Crippen LogP contribution in [-0.2, 0) is 13.1 Å². The zero-order valence-electron chi connectivity index (χ0n) is 13.1. The molecule has 0 spiro atoms. The molecule has 0 radical (unpaired) electrons. The fraction of sp³-hybridized carbons (Fsp3) is 0.150. The molecule has 0 aliphatic rings. The van der Waals surface area contributed by atoms with E-state index in [1.165, 1.54) is 16.7 Å². The normalized spacial score (nSPS) is 10.5. The summed E-state index contributed by atoms with van der Waals surface area (Å²) in [6, 6.07) is 22.6. The highest BCUT2D eigenvalue weighted by atomic mass is 35.5. The van der Waals surface area contributed by atoms with E-state index in [-0.39, 0.29) is 0 Å². The van der Waals surface area contributed by atoms with Crippen molar-refractivity contribution in [2.75, 3.05) is 4.90 Å². The van der Waals surface area contributed by atoms with Crippen molar-refractivity contribution in [3.63, 3.8) is 0 Å². The fourth-order valence-electron chi connectivity index (χ4n) is 2.63. The molecule has 1 aromatic heterocycles. The highest BCUT2D eigenvalue weighted by Crippen LogP contribution is 2.22. The predicted octanol–water partition coefficient (Wildman–Crippen LogP) is 5.25. The van der Waals surface area contributed by atoms with Crippen LogP contribution in [0.2, 0.25) is 5.02 Å². The molecule has 0 fully saturated rings. The van der Waals surface area contributed by atoms with E-state index in [9.17, 15) is 0 Å². The summed E-state index contributed by atoms with van der Waals surface area (Å²) in [7, 11) is 0. The number of nitrogens with zero attached hydrogens (tertiary/aromatic N) is 2. The lowest BCUT2D eigenvalue weighted by Gasteiger charge is -2.25. The SMILES string of the molecule is Cc1cccnc1N(Cc1ccccc1)Cc1ccc(Cl)cc1. The molecule has 116 valence electrons. The van der Waals surface area contributed by atoms with Crippen LogP contribution < -0.4 is 4.90 Å². The third-order valence-electron chi connectivity index (χ3n) is 3.78. The molecule has 23 heavy (non-hydrogen) atoms. The van der Waals surface area contributed by atoms with Gasteiger partial charge in [-0.3, -0.25) is 0 Å². The number of hydrogen-bond acceptors (Lipinski definition) is 2. The van der Waals surface area contributed by atoms with Gasteiger partial charge in [-0.2, -0.15) is 0 Å². The molecule has 0 unspecified atom stereocenters. The van der Waals surface area contributed by atoms with E-state index >= 15 is 0 Å². The minimum atomic E-state index is 0.761. The van der Waals surface area contributed by atoms with Crippen LogP contribution >= 0.6 is 11.6 Å². The summed E-state index contributed by atoms with van der Waals surface area (Å²) in [5, 5.41) is 0.761. The number of benzene rings is 2. The molecular weight excluding hydrogens is 304 g/mol. The van der Waals surface area contributed by atoms with E-state index in [4.69, 9.17) is 11.6 Å². The van der Waals surface area contributed by atoms with Crippen molar-refractivity contribution in [2.24, 2.45) is 0 Å². The maximum absolute atomic E-state index is 5.99. The molecule has 0 aliphatic carbocycles. The first-order valence-corrected chi connectivity index (χ1v) is 8.05. The second-order valence-corrected chi connectivity index (χ2v) is 6.05. The Labute approximate surface area is 142 Å². The second kappa shape index (κ2) is 7.30. The minimum Gasteiger partial charge on any atom is -0.348 e. The van der Waals surface area contributed by atoms with Gasteiger partial charge in [0.2, 0.25) is 0 Å². The minimum absolute atomic E-state index is 0.761. The van der Waals surface area contributed by atoms with Crippen molar-refractivity contribution >= 4 is 17.4 Å². The Kier molecular flexibility index (Phi) is 4.94. The van der Waals surface area contributed by atoms with E-state index in [1.54, 1.807) is 0 Å². The lowest BCUT2D eigenvalue weighted by Crippen LogP contribution is -2.24. The van der Waals surface area contributed by atoms with Crippen LogP contribution in [0.1, 0.15) is 16.7 Å². The molecule has 1 heterocycles. The monoisotopic (exact) mass is 322 g/mol. The number of anilines is 1. The maximum atomic E-state index is 5.99. The molecule has 3 aromatic rings. The Bertz CT molecular complexity index is 754. The van der Waals surface area contributed by atoms with Gasteiger partial charge < -0.3 is 4.90 Å². The molecular formula is C20H19ClN2. The molecule has 0 saturated carbocycles. The van der Waals surface area contributed by atoms with Gasteiger partial charge in [0, 0.05) is 24.3 Å². The van der Waals surface area contributed by atoms with Crippen molar-refractivity contribution in [1.29, 1.82) is 0 Å². The molecule has 3 heteroatoms. The summed E-state index contributed by atoms with van der Waals surface area (Å²) >= 11 is 5.99. The van der Waals surface area contributed by atoms with Crippen LogP contribution in [-0.4, -0.2) is 4.98 Å². The fourth-order valence-corrected chi connectivity index (χ4v) is 2.75. The van der Waals surface area contributed by atoms with Crippen LogP contribution in [0.15, 0.2) is 72.9 Å². The number of aromatic nitrogens is 1. The Morgan fingerprint density at radius 2 is 1.48 bits per heavy atom. The first-order chi connectivity index (χ1) is 11.2. The number of hydrogen-bond donors (Lipinski definition) is 0. The summed E-state index contributed by atoms with van der Waals surface area (Å²) in [6.07, 6.45) is 1.85. The van der Waals surface area contributed by atoms with E-state index < -0.39 is 0 Å². The van der Waals surface area contributed by atoms with Crippen molar-refractivity contribution in [2.45, 2.75) is 20.0 Å². The van der Waals surface area contributed by atoms with Crippen molar-refractivity contribution in [3.05, 3.63) is 94.6 Å². The maximum Gasteiger partial charge on any atom is 0.132 e. The molecule has 0 N–H and O–H groups in total. The topological polar surface area (TPSA) is 16.1 Å². The highest BCUT2D eigenvalue weighted by Gasteiger charge is 2.12. The first-order valence-electron chi connectivity index (χ1n) is 7.67. The van der Waals surface area contributed by atoms with E-state index in [1.807, 2.05) is 30.5 Å². The van der Waals surface area contributed by atoms with Crippen LogP contribution in [0.3, 0.4) is 0 Å². The van der Waals surface area contributed by atoms with Crippen LogP contribution in [0.25, 0.3) is 0 Å². The molecule has 2 nitrogen and oxygen atoms in total. The molecule has 0 amide bonds. The zero-order valence-corrected chi connectivity index (χ0v) is 13.9. The molecule has 0 bridgehead atoms. The quantitative estimate of drug-likeness (QED) is 0.637. The third kappa shape index (κ3) is 4.11. The van der Waals surface area contributed by atoms with Gasteiger partial charge in [0.1, 0.15) is 5.82 Å². The number of halogens is 1. The van der Waals surface area contributed by atoms with Gasteiger partial charge >= 0.3 is 0 Å². The van der Waals surface area contributed by atoms with E-state index in [2.05, 4.69) is 59.3 Å². The van der Waals surface area contributed by atoms with Gasteiger partial charge in [-0.15, -0.1) is 0 Å². The smallest absolute Gasteiger partial charge is 0.132 e. The van der Waals surface area contributed by atoms with Gasteiger partial charge in [0.15, 0.2) is 0 Å². The number of rotatable bonds is 5. The van der Waals surface area contributed by atoms with Gasteiger partial charge in [-0.25, -0.2) is 4.98 Å². The third-order valence-corrected chi connectivity index (χ3v) is 4.04. The molecule has 3 rings (SSSR count). The largest absolute Gasteiger partial charge is 0.348 e.